The molecule has 0 radical (unpaired) electrons. The number of alkyl halides is 5. The van der Waals surface area contributed by atoms with Crippen LogP contribution in [0.1, 0.15) is 58.4 Å². The minimum Gasteiger partial charge on any atom is -0.465 e. The van der Waals surface area contributed by atoms with Gasteiger partial charge in [-0.25, -0.2) is 4.79 Å². The topological polar surface area (TPSA) is 73.6 Å². The Morgan fingerprint density at radius 2 is 1.68 bits per heavy atom. The number of esters is 1. The zero-order valence-electron chi connectivity index (χ0n) is 19.1. The number of rotatable bonds is 11. The summed E-state index contributed by atoms with van der Waals surface area (Å²) in [5, 5.41) is -0.232. The van der Waals surface area contributed by atoms with Crippen LogP contribution in [0.15, 0.2) is 38.4 Å². The molecule has 0 saturated carbocycles. The molecule has 34 heavy (non-hydrogen) atoms. The van der Waals surface area contributed by atoms with E-state index in [2.05, 4.69) is 0 Å². The number of halogens is 5. The van der Waals surface area contributed by atoms with Gasteiger partial charge in [0, 0.05) is 22.8 Å². The second-order valence-electron chi connectivity index (χ2n) is 8.55. The quantitative estimate of drug-likeness (QED) is 0.158. The summed E-state index contributed by atoms with van der Waals surface area (Å²) < 4.78 is 88.6. The maximum absolute atomic E-state index is 13.8. The lowest BCUT2D eigenvalue weighted by Crippen LogP contribution is -2.33. The van der Waals surface area contributed by atoms with Crippen LogP contribution in [0.3, 0.4) is 0 Å². The van der Waals surface area contributed by atoms with Gasteiger partial charge in [-0.2, -0.15) is 22.0 Å². The SMILES string of the molecule is CCC(C)(C)C(=O)OCCCCCCS(=O)c1cc(=O)oc2ccc(C(F)(F)C(F)(F)F)cc12. The Labute approximate surface area is 196 Å². The summed E-state index contributed by atoms with van der Waals surface area (Å²) in [5.41, 5.74) is -3.00. The van der Waals surface area contributed by atoms with Gasteiger partial charge in [-0.05, 0) is 51.3 Å². The summed E-state index contributed by atoms with van der Waals surface area (Å²) in [6, 6.07) is 2.78. The molecule has 2 rings (SSSR count). The highest BCUT2D eigenvalue weighted by Gasteiger charge is 2.58. The molecular formula is C23H27F5O5S. The van der Waals surface area contributed by atoms with Crippen LogP contribution in [0.5, 0.6) is 0 Å². The minimum absolute atomic E-state index is 0.0705. The smallest absolute Gasteiger partial charge is 0.458 e. The molecule has 1 heterocycles. The standard InChI is InChI=1S/C23H27F5O5S/c1-4-21(2,3)20(30)32-11-7-5-6-8-12-34(31)18-14-19(29)33-17-10-9-15(13-16(17)18)22(24,25)23(26,27)28/h9-10,13-14H,4-8,11-12H2,1-3H3. The Morgan fingerprint density at radius 3 is 2.29 bits per heavy atom. The minimum atomic E-state index is -5.81. The van der Waals surface area contributed by atoms with Gasteiger partial charge in [0.1, 0.15) is 5.58 Å². The van der Waals surface area contributed by atoms with E-state index < -0.39 is 39.5 Å². The normalized spacial score (nSPS) is 13.8. The van der Waals surface area contributed by atoms with Crippen molar-refractivity contribution in [2.75, 3.05) is 12.4 Å². The van der Waals surface area contributed by atoms with E-state index in [9.17, 15) is 35.8 Å². The maximum atomic E-state index is 13.8. The van der Waals surface area contributed by atoms with Crippen molar-refractivity contribution >= 4 is 27.7 Å². The fraction of sp³-hybridized carbons (Fsp3) is 0.565. The lowest BCUT2D eigenvalue weighted by atomic mass is 9.91. The molecule has 0 spiro atoms. The van der Waals surface area contributed by atoms with Crippen molar-refractivity contribution in [2.45, 2.75) is 69.9 Å². The number of hydrogen-bond acceptors (Lipinski definition) is 5. The van der Waals surface area contributed by atoms with E-state index in [0.717, 1.165) is 12.1 Å². The van der Waals surface area contributed by atoms with Gasteiger partial charge in [0.05, 0.1) is 27.7 Å². The molecule has 0 N–H and O–H groups in total. The third kappa shape index (κ3) is 6.64. The summed E-state index contributed by atoms with van der Waals surface area (Å²) >= 11 is 0. The second kappa shape index (κ2) is 11.0. The van der Waals surface area contributed by atoms with Gasteiger partial charge >= 0.3 is 23.7 Å². The lowest BCUT2D eigenvalue weighted by molar-refractivity contribution is -0.289. The molecule has 1 unspecified atom stereocenters. The predicted molar refractivity (Wildman–Crippen MR) is 117 cm³/mol. The molecule has 11 heteroatoms. The first-order valence-corrected chi connectivity index (χ1v) is 12.1. The zero-order chi connectivity index (χ0) is 25.7. The largest absolute Gasteiger partial charge is 0.465 e. The predicted octanol–water partition coefficient (Wildman–Crippen LogP) is 6.09. The zero-order valence-corrected chi connectivity index (χ0v) is 19.9. The Balaban J connectivity index is 2.02. The van der Waals surface area contributed by atoms with Crippen LogP contribution < -0.4 is 5.63 Å². The molecule has 0 bridgehead atoms. The first kappa shape index (κ1) is 27.9. The van der Waals surface area contributed by atoms with E-state index in [-0.39, 0.29) is 34.2 Å². The molecule has 1 aromatic heterocycles. The van der Waals surface area contributed by atoms with E-state index in [1.54, 1.807) is 13.8 Å². The third-order valence-electron chi connectivity index (χ3n) is 5.56. The molecule has 0 fully saturated rings. The Bertz CT molecular complexity index is 1090. The van der Waals surface area contributed by atoms with Gasteiger partial charge in [0.25, 0.3) is 0 Å². The van der Waals surface area contributed by atoms with E-state index in [0.29, 0.717) is 44.2 Å². The number of benzene rings is 1. The number of carbonyl (C=O) groups excluding carboxylic acids is 1. The molecule has 0 aliphatic rings. The fourth-order valence-electron chi connectivity index (χ4n) is 2.98. The highest BCUT2D eigenvalue weighted by Crippen LogP contribution is 2.44. The van der Waals surface area contributed by atoms with E-state index in [1.165, 1.54) is 0 Å². The van der Waals surface area contributed by atoms with Crippen LogP contribution in [-0.2, 0) is 26.3 Å². The second-order valence-corrected chi connectivity index (χ2v) is 10.1. The average molecular weight is 511 g/mol. The number of unbranched alkanes of at least 4 members (excludes halogenated alkanes) is 3. The van der Waals surface area contributed by atoms with Crippen LogP contribution in [-0.4, -0.2) is 28.7 Å². The van der Waals surface area contributed by atoms with Crippen molar-refractivity contribution in [1.82, 2.24) is 0 Å². The monoisotopic (exact) mass is 510 g/mol. The molecule has 190 valence electrons. The van der Waals surface area contributed by atoms with Gasteiger partial charge in [-0.15, -0.1) is 0 Å². The Hall–Kier alpha value is -2.30. The van der Waals surface area contributed by atoms with Crippen molar-refractivity contribution in [3.8, 4) is 0 Å². The van der Waals surface area contributed by atoms with Crippen LogP contribution >= 0.6 is 0 Å². The van der Waals surface area contributed by atoms with Gasteiger partial charge in [0.2, 0.25) is 0 Å². The van der Waals surface area contributed by atoms with Crippen molar-refractivity contribution in [3.05, 3.63) is 40.2 Å². The van der Waals surface area contributed by atoms with E-state index in [1.807, 2.05) is 6.92 Å². The molecule has 5 nitrogen and oxygen atoms in total. The maximum Gasteiger partial charge on any atom is 0.458 e. The van der Waals surface area contributed by atoms with Crippen LogP contribution in [0, 0.1) is 5.41 Å². The number of hydrogen-bond donors (Lipinski definition) is 0. The van der Waals surface area contributed by atoms with Crippen LogP contribution in [0.25, 0.3) is 11.0 Å². The third-order valence-corrected chi connectivity index (χ3v) is 7.05. The van der Waals surface area contributed by atoms with Gasteiger partial charge in [-0.1, -0.05) is 19.8 Å². The summed E-state index contributed by atoms with van der Waals surface area (Å²) in [6.07, 6.45) is -2.81. The first-order valence-electron chi connectivity index (χ1n) is 10.8. The Kier molecular flexibility index (Phi) is 9.01. The molecule has 0 aliphatic heterocycles. The molecule has 1 aromatic carbocycles. The van der Waals surface area contributed by atoms with Crippen molar-refractivity contribution < 1.29 is 40.1 Å². The fourth-order valence-corrected chi connectivity index (χ4v) is 4.30. The number of carbonyl (C=O) groups is 1. The first-order chi connectivity index (χ1) is 15.7. The van der Waals surface area contributed by atoms with Gasteiger partial charge < -0.3 is 9.15 Å². The van der Waals surface area contributed by atoms with Crippen molar-refractivity contribution in [1.29, 1.82) is 0 Å². The number of ether oxygens (including phenoxy) is 1. The molecule has 0 saturated heterocycles. The molecule has 2 aromatic rings. The van der Waals surface area contributed by atoms with Crippen molar-refractivity contribution in [3.63, 3.8) is 0 Å². The summed E-state index contributed by atoms with van der Waals surface area (Å²) in [6.45, 7) is 5.74. The van der Waals surface area contributed by atoms with Crippen LogP contribution in [0.2, 0.25) is 0 Å². The van der Waals surface area contributed by atoms with E-state index in [4.69, 9.17) is 9.15 Å². The molecule has 0 aliphatic carbocycles. The molecule has 0 amide bonds. The van der Waals surface area contributed by atoms with Gasteiger partial charge in [-0.3, -0.25) is 9.00 Å². The van der Waals surface area contributed by atoms with Crippen LogP contribution in [0.4, 0.5) is 22.0 Å². The Morgan fingerprint density at radius 1 is 1.03 bits per heavy atom. The summed E-state index contributed by atoms with van der Waals surface area (Å²) in [5.74, 6) is -5.33. The highest BCUT2D eigenvalue weighted by molar-refractivity contribution is 7.85. The molecular weight excluding hydrogens is 483 g/mol. The lowest BCUT2D eigenvalue weighted by Gasteiger charge is -2.20. The number of fused-ring (bicyclic) bond motifs is 1. The molecule has 1 atom stereocenters. The highest BCUT2D eigenvalue weighted by atomic mass is 32.2. The summed E-state index contributed by atoms with van der Waals surface area (Å²) in [4.78, 5) is 23.5. The van der Waals surface area contributed by atoms with E-state index >= 15 is 0 Å². The average Bonchev–Trinajstić information content (AvgIpc) is 2.76. The van der Waals surface area contributed by atoms with Gasteiger partial charge in [0.15, 0.2) is 0 Å². The van der Waals surface area contributed by atoms with Crippen molar-refractivity contribution in [2.24, 2.45) is 5.41 Å². The summed E-state index contributed by atoms with van der Waals surface area (Å²) in [7, 11) is -1.82.